The molecule has 0 aromatic heterocycles. The molecule has 2 saturated carbocycles. The summed E-state index contributed by atoms with van der Waals surface area (Å²) in [5.74, 6) is -4.80. The van der Waals surface area contributed by atoms with E-state index in [0.29, 0.717) is 50.0 Å². The molecule has 306 valence electrons. The van der Waals surface area contributed by atoms with Crippen LogP contribution in [0.25, 0.3) is 0 Å². The van der Waals surface area contributed by atoms with E-state index in [1.807, 2.05) is 0 Å². The third kappa shape index (κ3) is 6.71. The average Bonchev–Trinajstić information content (AvgIpc) is 3.48. The van der Waals surface area contributed by atoms with Gasteiger partial charge in [-0.3, -0.25) is 0 Å². The Morgan fingerprint density at radius 2 is 1.02 bits per heavy atom. The molecule has 10 rings (SSSR count). The standard InChI is InChI=1S/C36H48F6O10S2/c1-19-5-7-25-21(27(35(37,38)39)45-29-33(25)23(19)9-11-31(3,47-29)49-51-33)17-43-13-15-53-54-16-14-44-18-22-26-8-6-20(2)24-10-12-32(4)48-30(34(24,26)52-50-32)46-28(22)36(40,41)42/h19-20,23-26,29-30H,5-18H2,1-4H3/t19-,20-,23?,24?,25+,26+,29-,30-,31-,32-,33-,34-/m1/s1. The second-order valence-corrected chi connectivity index (χ2v) is 19.1. The van der Waals surface area contributed by atoms with E-state index >= 15 is 0 Å². The maximum Gasteiger partial charge on any atom is 0.449 e. The Morgan fingerprint density at radius 1 is 0.611 bits per heavy atom. The van der Waals surface area contributed by atoms with Crippen LogP contribution in [0, 0.1) is 35.5 Å². The number of ether oxygens (including phenoxy) is 6. The topological polar surface area (TPSA) is 92.3 Å². The molecule has 0 aromatic carbocycles. The number of fused-ring (bicyclic) bond motifs is 4. The molecule has 2 aliphatic carbocycles. The minimum absolute atomic E-state index is 0.0119. The van der Waals surface area contributed by atoms with Crippen LogP contribution in [0.1, 0.15) is 79.1 Å². The number of alkyl halides is 6. The molecule has 10 aliphatic rings. The van der Waals surface area contributed by atoms with Gasteiger partial charge in [0.25, 0.3) is 0 Å². The third-order valence-corrected chi connectivity index (χ3v) is 15.4. The number of hydrogen-bond donors (Lipinski definition) is 0. The van der Waals surface area contributed by atoms with E-state index in [4.69, 9.17) is 48.0 Å². The fraction of sp³-hybridized carbons (Fsp3) is 0.889. The molecule has 54 heavy (non-hydrogen) atoms. The molecule has 6 saturated heterocycles. The molecule has 8 aliphatic heterocycles. The number of hydrogen-bond acceptors (Lipinski definition) is 12. The first-order valence-corrected chi connectivity index (χ1v) is 21.4. The zero-order chi connectivity index (χ0) is 38.3. The molecule has 2 unspecified atom stereocenters. The quantitative estimate of drug-likeness (QED) is 0.0867. The highest BCUT2D eigenvalue weighted by Gasteiger charge is 2.72. The second-order valence-electron chi connectivity index (χ2n) is 16.4. The van der Waals surface area contributed by atoms with Crippen LogP contribution >= 0.6 is 21.6 Å². The minimum Gasteiger partial charge on any atom is -0.456 e. The highest BCUT2D eigenvalue weighted by Crippen LogP contribution is 2.63. The van der Waals surface area contributed by atoms with Gasteiger partial charge in [0.05, 0.1) is 26.4 Å². The van der Waals surface area contributed by atoms with Crippen molar-refractivity contribution in [3.8, 4) is 0 Å². The summed E-state index contributed by atoms with van der Waals surface area (Å²) in [6.45, 7) is 7.23. The van der Waals surface area contributed by atoms with E-state index in [1.165, 1.54) is 21.6 Å². The van der Waals surface area contributed by atoms with Crippen molar-refractivity contribution in [2.75, 3.05) is 37.9 Å². The van der Waals surface area contributed by atoms with Crippen LogP contribution in [-0.2, 0) is 48.0 Å². The van der Waals surface area contributed by atoms with Crippen molar-refractivity contribution in [1.82, 2.24) is 0 Å². The summed E-state index contributed by atoms with van der Waals surface area (Å²) in [6, 6.07) is 0. The number of rotatable bonds is 11. The van der Waals surface area contributed by atoms with Gasteiger partial charge >= 0.3 is 12.4 Å². The smallest absolute Gasteiger partial charge is 0.449 e. The summed E-state index contributed by atoms with van der Waals surface area (Å²) in [5.41, 5.74) is -2.38. The lowest BCUT2D eigenvalue weighted by molar-refractivity contribution is -0.558. The molecule has 8 heterocycles. The van der Waals surface area contributed by atoms with Crippen molar-refractivity contribution in [3.05, 3.63) is 22.7 Å². The molecule has 4 bridgehead atoms. The van der Waals surface area contributed by atoms with Crippen molar-refractivity contribution >= 4 is 21.6 Å². The third-order valence-electron chi connectivity index (χ3n) is 13.0. The van der Waals surface area contributed by atoms with Gasteiger partial charge in [-0.05, 0) is 64.2 Å². The van der Waals surface area contributed by atoms with Crippen molar-refractivity contribution in [3.63, 3.8) is 0 Å². The van der Waals surface area contributed by atoms with E-state index in [2.05, 4.69) is 13.8 Å². The van der Waals surface area contributed by atoms with Crippen molar-refractivity contribution in [2.24, 2.45) is 35.5 Å². The van der Waals surface area contributed by atoms with Crippen LogP contribution in [0.15, 0.2) is 22.7 Å². The molecule has 10 nitrogen and oxygen atoms in total. The van der Waals surface area contributed by atoms with Gasteiger partial charge in [-0.25, -0.2) is 19.6 Å². The summed E-state index contributed by atoms with van der Waals surface area (Å²) in [5, 5.41) is 0. The van der Waals surface area contributed by atoms with Gasteiger partial charge in [-0.15, -0.1) is 0 Å². The minimum atomic E-state index is -4.75. The predicted octanol–water partition coefficient (Wildman–Crippen LogP) is 8.53. The summed E-state index contributed by atoms with van der Waals surface area (Å²) >= 11 is 0. The van der Waals surface area contributed by atoms with E-state index in [-0.39, 0.29) is 61.2 Å². The Balaban J connectivity index is 0.847. The highest BCUT2D eigenvalue weighted by atomic mass is 33.1. The van der Waals surface area contributed by atoms with Gasteiger partial charge in [0.1, 0.15) is 0 Å². The molecule has 18 heteroatoms. The van der Waals surface area contributed by atoms with Gasteiger partial charge in [0.15, 0.2) is 11.2 Å². The Morgan fingerprint density at radius 3 is 1.41 bits per heavy atom. The van der Waals surface area contributed by atoms with Crippen LogP contribution < -0.4 is 0 Å². The maximum absolute atomic E-state index is 14.4. The molecule has 8 fully saturated rings. The first-order valence-electron chi connectivity index (χ1n) is 18.9. The Labute approximate surface area is 318 Å². The zero-order valence-electron chi connectivity index (χ0n) is 30.7. The van der Waals surface area contributed by atoms with Crippen LogP contribution in [0.2, 0.25) is 0 Å². The van der Waals surface area contributed by atoms with Crippen LogP contribution in [0.4, 0.5) is 26.3 Å². The van der Waals surface area contributed by atoms with E-state index < -0.39 is 71.1 Å². The lowest BCUT2D eigenvalue weighted by atomic mass is 9.59. The fourth-order valence-electron chi connectivity index (χ4n) is 10.5. The summed E-state index contributed by atoms with van der Waals surface area (Å²) < 4.78 is 121. The lowest BCUT2D eigenvalue weighted by Gasteiger charge is -2.57. The maximum atomic E-state index is 14.4. The van der Waals surface area contributed by atoms with Crippen molar-refractivity contribution in [2.45, 2.75) is 127 Å². The molecule has 12 atom stereocenters. The summed E-state index contributed by atoms with van der Waals surface area (Å²) in [4.78, 5) is 23.4. The van der Waals surface area contributed by atoms with Gasteiger partial charge in [-0.1, -0.05) is 35.4 Å². The Kier molecular flexibility index (Phi) is 10.6. The van der Waals surface area contributed by atoms with Crippen LogP contribution in [0.3, 0.4) is 0 Å². The Hall–Kier alpha value is -0.960. The monoisotopic (exact) mass is 818 g/mol. The summed E-state index contributed by atoms with van der Waals surface area (Å²) in [6.07, 6.45) is -7.33. The molecular formula is C36H48F6O10S2. The zero-order valence-corrected chi connectivity index (χ0v) is 32.3. The SMILES string of the molecule is C[C@@H]1CC[C@H]2C(COCCSSCCOCC3=C(C(F)(F)F)O[C@@H]4O[C@@]5(C)CCC6[C@H](C)CC[C@@H]3[C@]64OO5)=C(C(F)(F)F)O[C@@H]3O[C@@]4(C)CCC1[C@]32OO4. The van der Waals surface area contributed by atoms with Crippen molar-refractivity contribution in [1.29, 1.82) is 0 Å². The van der Waals surface area contributed by atoms with Crippen LogP contribution in [-0.4, -0.2) is 85.6 Å². The largest absolute Gasteiger partial charge is 0.456 e. The first kappa shape index (κ1) is 39.8. The normalized spacial score (nSPS) is 44.3. The molecule has 0 amide bonds. The molecule has 0 aromatic rings. The first-order chi connectivity index (χ1) is 25.5. The molecule has 0 N–H and O–H groups in total. The molecular weight excluding hydrogens is 771 g/mol. The van der Waals surface area contributed by atoms with Crippen molar-refractivity contribution < 1.29 is 74.3 Å². The van der Waals surface area contributed by atoms with E-state index in [0.717, 1.165) is 12.8 Å². The number of allylic oxidation sites excluding steroid dienone is 2. The predicted molar refractivity (Wildman–Crippen MR) is 180 cm³/mol. The Bertz CT molecular complexity index is 1390. The summed E-state index contributed by atoms with van der Waals surface area (Å²) in [7, 11) is 2.87. The van der Waals surface area contributed by atoms with E-state index in [9.17, 15) is 26.3 Å². The van der Waals surface area contributed by atoms with Gasteiger partial charge < -0.3 is 28.4 Å². The van der Waals surface area contributed by atoms with Gasteiger partial charge in [0, 0.05) is 59.2 Å². The second kappa shape index (κ2) is 14.4. The average molecular weight is 819 g/mol. The van der Waals surface area contributed by atoms with Crippen LogP contribution in [0.5, 0.6) is 0 Å². The van der Waals surface area contributed by atoms with Gasteiger partial charge in [-0.2, -0.15) is 26.3 Å². The lowest BCUT2D eigenvalue weighted by Crippen LogP contribution is -2.67. The fourth-order valence-corrected chi connectivity index (χ4v) is 12.2. The molecule has 2 spiro atoms. The van der Waals surface area contributed by atoms with Gasteiger partial charge in [0.2, 0.25) is 35.7 Å². The molecule has 0 radical (unpaired) electrons. The number of halogens is 6. The highest BCUT2D eigenvalue weighted by molar-refractivity contribution is 8.76. The van der Waals surface area contributed by atoms with E-state index in [1.54, 1.807) is 13.8 Å².